The number of fused-ring (bicyclic) bond motifs is 8. The smallest absolute Gasteiger partial charge is 0.264 e. The third kappa shape index (κ3) is 14.2. The summed E-state index contributed by atoms with van der Waals surface area (Å²) in [5, 5.41) is -0.0634. The number of carbonyl (C=O) groups is 2. The standard InChI is InChI=1S/2C39H51ClN2O6S/c2*1-25-7-5-18-39(47-4,21-36(46-3)27-9-10-27)33-14-11-30(33)22-42-23-38(17-6-8-28-19-31(40)13-15-32(28)38)24-48-35-16-12-29(20-34(35)42)37(43)41-49(44,45)26(25)2/h2*5,12-13,15-16,18-20,25-27,30,33,36H,6-11,14,17,21-24H2,1-4H3,(H,41,43)/b2*18-5+/t25-,26+,30-,33+,36+,38-,39+;25-,26+,30-,33+,36-,38-,39+/m00/s1. The van der Waals surface area contributed by atoms with Gasteiger partial charge in [-0.1, -0.05) is 73.5 Å². The van der Waals surface area contributed by atoms with Gasteiger partial charge in [0.1, 0.15) is 11.5 Å². The summed E-state index contributed by atoms with van der Waals surface area (Å²) in [6.07, 6.45) is 26.4. The lowest BCUT2D eigenvalue weighted by molar-refractivity contribution is -0.106. The van der Waals surface area contributed by atoms with Gasteiger partial charge < -0.3 is 38.2 Å². The first kappa shape index (κ1) is 71.2. The number of rotatable bonds is 10. The third-order valence-electron chi connectivity index (χ3n) is 25.2. The lowest BCUT2D eigenvalue weighted by Gasteiger charge is -2.51. The maximum atomic E-state index is 13.6. The first-order valence-electron chi connectivity index (χ1n) is 36.2. The molecule has 10 aliphatic rings. The fourth-order valence-corrected chi connectivity index (χ4v) is 21.2. The molecule has 2 amide bonds. The van der Waals surface area contributed by atoms with Crippen molar-refractivity contribution < 1.29 is 54.8 Å². The van der Waals surface area contributed by atoms with Gasteiger partial charge in [-0.2, -0.15) is 0 Å². The molecule has 532 valence electrons. The Kier molecular flexibility index (Phi) is 20.8. The molecule has 14 rings (SSSR count). The second-order valence-corrected chi connectivity index (χ2v) is 36.0. The fraction of sp³-hybridized carbons (Fsp3) is 0.615. The van der Waals surface area contributed by atoms with E-state index in [1.54, 1.807) is 26.0 Å². The number of amides is 2. The topological polar surface area (TPSA) is 188 Å². The van der Waals surface area contributed by atoms with Crippen LogP contribution in [0.15, 0.2) is 97.1 Å². The molecule has 98 heavy (non-hydrogen) atoms. The first-order chi connectivity index (χ1) is 46.9. The van der Waals surface area contributed by atoms with Crippen LogP contribution < -0.4 is 28.7 Å². The summed E-state index contributed by atoms with van der Waals surface area (Å²) in [6, 6.07) is 23.2. The molecule has 6 aliphatic carbocycles. The summed E-state index contributed by atoms with van der Waals surface area (Å²) in [7, 11) is -0.619. The maximum absolute atomic E-state index is 13.6. The second-order valence-electron chi connectivity index (χ2n) is 31.0. The number of methoxy groups -OCH3 is 4. The van der Waals surface area contributed by atoms with Gasteiger partial charge in [-0.15, -0.1) is 0 Å². The number of nitrogens with one attached hydrogen (secondary N) is 2. The number of carbonyl (C=O) groups excluding carboxylic acids is 2. The molecule has 4 aliphatic heterocycles. The fourth-order valence-electron chi connectivity index (χ4n) is 18.2. The van der Waals surface area contributed by atoms with E-state index in [1.807, 2.05) is 78.7 Å². The Morgan fingerprint density at radius 2 is 0.959 bits per heavy atom. The summed E-state index contributed by atoms with van der Waals surface area (Å²) in [5.74, 6) is 2.01. The lowest BCUT2D eigenvalue weighted by atomic mass is 9.62. The summed E-state index contributed by atoms with van der Waals surface area (Å²) < 4.78 is 97.5. The molecular formula is C78H102Cl2N4O12S2. The number of hydrogen-bond acceptors (Lipinski definition) is 14. The van der Waals surface area contributed by atoms with Crippen molar-refractivity contribution in [1.82, 2.24) is 9.44 Å². The van der Waals surface area contributed by atoms with Crippen molar-refractivity contribution in [3.63, 3.8) is 0 Å². The van der Waals surface area contributed by atoms with Crippen LogP contribution >= 0.6 is 23.2 Å². The number of allylic oxidation sites excluding steroid dienone is 2. The molecule has 4 fully saturated rings. The highest BCUT2D eigenvalue weighted by atomic mass is 35.5. The highest BCUT2D eigenvalue weighted by molar-refractivity contribution is 7.91. The Bertz CT molecular complexity index is 3670. The van der Waals surface area contributed by atoms with Crippen molar-refractivity contribution in [2.75, 3.05) is 77.6 Å². The van der Waals surface area contributed by atoms with E-state index < -0.39 is 53.6 Å². The molecule has 2 spiro atoms. The number of nitrogens with zero attached hydrogens (tertiary/aromatic N) is 2. The molecule has 16 nitrogen and oxygen atoms in total. The van der Waals surface area contributed by atoms with E-state index in [0.29, 0.717) is 85.4 Å². The molecule has 4 heterocycles. The molecule has 0 radical (unpaired) electrons. The summed E-state index contributed by atoms with van der Waals surface area (Å²) in [5.41, 5.74) is 5.75. The normalized spacial score (nSPS) is 34.0. The second kappa shape index (κ2) is 28.6. The highest BCUT2D eigenvalue weighted by Gasteiger charge is 2.54. The van der Waals surface area contributed by atoms with Crippen LogP contribution in [0.4, 0.5) is 11.4 Å². The minimum absolute atomic E-state index is 0.104. The van der Waals surface area contributed by atoms with E-state index in [-0.39, 0.29) is 46.7 Å². The van der Waals surface area contributed by atoms with E-state index in [9.17, 15) is 26.4 Å². The van der Waals surface area contributed by atoms with Crippen LogP contribution in [0.1, 0.15) is 173 Å². The average Bonchev–Trinajstić information content (AvgIpc) is 1.34. The van der Waals surface area contributed by atoms with Crippen LogP contribution in [0.2, 0.25) is 10.0 Å². The van der Waals surface area contributed by atoms with Gasteiger partial charge in [0.2, 0.25) is 20.0 Å². The van der Waals surface area contributed by atoms with Gasteiger partial charge in [0.25, 0.3) is 11.8 Å². The predicted octanol–water partition coefficient (Wildman–Crippen LogP) is 14.2. The monoisotopic (exact) mass is 1420 g/mol. The Morgan fingerprint density at radius 3 is 1.32 bits per heavy atom. The van der Waals surface area contributed by atoms with Gasteiger partial charge >= 0.3 is 0 Å². The SMILES string of the molecule is CO[C@@H](C[C@]1(OC)/C=C/C[C@H](C)[C@@H](C)S(=O)(=O)NC(=O)c2ccc3c(c2)N(C[C@@H]2CC[C@H]21)C[C@@]1(CCCc2cc(Cl)ccc21)CO3)C1CC1.CO[C@H](C[C@]1(OC)/C=C/C[C@H](C)[C@@H](C)S(=O)(=O)NC(=O)c2ccc3c(c2)N(C[C@@H]2CC[C@H]21)C[C@@]1(CCCc2cc(Cl)ccc21)CO3)C1CC1. The Balaban J connectivity index is 0.000000176. The number of halogens is 2. The largest absolute Gasteiger partial charge is 0.490 e. The number of hydrogen-bond donors (Lipinski definition) is 2. The Hall–Kier alpha value is -5.18. The highest BCUT2D eigenvalue weighted by Crippen LogP contribution is 2.55. The van der Waals surface area contributed by atoms with Crippen LogP contribution in [-0.4, -0.2) is 130 Å². The van der Waals surface area contributed by atoms with Crippen molar-refractivity contribution in [2.45, 2.75) is 188 Å². The number of aryl methyl sites for hydroxylation is 2. The molecule has 14 atom stereocenters. The van der Waals surface area contributed by atoms with Gasteiger partial charge in [0, 0.05) is 99.5 Å². The van der Waals surface area contributed by atoms with Gasteiger partial charge in [-0.05, 0) is 247 Å². The van der Waals surface area contributed by atoms with Crippen LogP contribution in [0.25, 0.3) is 0 Å². The van der Waals surface area contributed by atoms with E-state index in [1.165, 1.54) is 47.9 Å². The van der Waals surface area contributed by atoms with Gasteiger partial charge in [0.15, 0.2) is 0 Å². The minimum atomic E-state index is -3.95. The van der Waals surface area contributed by atoms with Crippen molar-refractivity contribution in [2.24, 2.45) is 47.3 Å². The first-order valence-corrected chi connectivity index (χ1v) is 40.0. The van der Waals surface area contributed by atoms with E-state index in [0.717, 1.165) is 112 Å². The zero-order chi connectivity index (χ0) is 69.1. The van der Waals surface area contributed by atoms with Crippen LogP contribution in [0, 0.1) is 47.3 Å². The van der Waals surface area contributed by atoms with Crippen molar-refractivity contribution in [3.8, 4) is 11.5 Å². The summed E-state index contributed by atoms with van der Waals surface area (Å²) in [4.78, 5) is 32.0. The molecule has 4 bridgehead atoms. The van der Waals surface area contributed by atoms with Crippen molar-refractivity contribution >= 4 is 66.4 Å². The quantitative estimate of drug-likeness (QED) is 0.143. The van der Waals surface area contributed by atoms with Gasteiger partial charge in [-0.25, -0.2) is 26.3 Å². The molecule has 2 N–H and O–H groups in total. The van der Waals surface area contributed by atoms with E-state index >= 15 is 0 Å². The van der Waals surface area contributed by atoms with E-state index in [2.05, 4.69) is 67.8 Å². The van der Waals surface area contributed by atoms with Crippen molar-refractivity contribution in [3.05, 3.63) is 141 Å². The molecule has 20 heteroatoms. The minimum Gasteiger partial charge on any atom is -0.490 e. The maximum Gasteiger partial charge on any atom is 0.264 e. The average molecular weight is 1420 g/mol. The molecule has 0 unspecified atom stereocenters. The Labute approximate surface area is 592 Å². The molecule has 4 saturated carbocycles. The number of sulfonamides is 2. The van der Waals surface area contributed by atoms with E-state index in [4.69, 9.17) is 51.6 Å². The third-order valence-corrected chi connectivity index (χ3v) is 29.5. The lowest BCUT2D eigenvalue weighted by Crippen LogP contribution is -2.54. The summed E-state index contributed by atoms with van der Waals surface area (Å²) >= 11 is 13.0. The molecule has 4 aromatic carbocycles. The van der Waals surface area contributed by atoms with Crippen molar-refractivity contribution in [1.29, 1.82) is 0 Å². The molecule has 4 aromatic rings. The van der Waals surface area contributed by atoms with Gasteiger partial charge in [-0.3, -0.25) is 9.59 Å². The number of benzene rings is 4. The predicted molar refractivity (Wildman–Crippen MR) is 386 cm³/mol. The number of ether oxygens (including phenoxy) is 6. The zero-order valence-electron chi connectivity index (χ0n) is 58.5. The van der Waals surface area contributed by atoms with Crippen LogP contribution in [-0.2, 0) is 62.7 Å². The summed E-state index contributed by atoms with van der Waals surface area (Å²) in [6.45, 7) is 11.2. The molecular weight excluding hydrogens is 1320 g/mol. The molecule has 0 aromatic heterocycles. The number of anilines is 2. The Morgan fingerprint density at radius 1 is 0.551 bits per heavy atom. The zero-order valence-corrected chi connectivity index (χ0v) is 61.6. The van der Waals surface area contributed by atoms with Crippen LogP contribution in [0.3, 0.4) is 0 Å². The van der Waals surface area contributed by atoms with Gasteiger partial charge in [0.05, 0.1) is 58.5 Å². The van der Waals surface area contributed by atoms with Crippen LogP contribution in [0.5, 0.6) is 11.5 Å². The molecule has 0 saturated heterocycles.